The number of hydrogen-bond donors (Lipinski definition) is 1. The fraction of sp³-hybridized carbons (Fsp3) is 0.500. The van der Waals surface area contributed by atoms with E-state index >= 15 is 0 Å². The normalized spacial score (nSPS) is 21.1. The van der Waals surface area contributed by atoms with E-state index in [2.05, 4.69) is 24.1 Å². The highest BCUT2D eigenvalue weighted by Gasteiger charge is 2.21. The van der Waals surface area contributed by atoms with E-state index in [0.29, 0.717) is 5.92 Å². The van der Waals surface area contributed by atoms with Gasteiger partial charge in [0.15, 0.2) is 0 Å². The minimum Gasteiger partial charge on any atom is -0.398 e. The first-order valence-electron chi connectivity index (χ1n) is 6.10. The highest BCUT2D eigenvalue weighted by Crippen LogP contribution is 2.31. The Morgan fingerprint density at radius 2 is 2.24 bits per heavy atom. The van der Waals surface area contributed by atoms with Crippen molar-refractivity contribution in [1.29, 1.82) is 5.26 Å². The highest BCUT2D eigenvalue weighted by molar-refractivity contribution is 5.56. The molecule has 1 aromatic carbocycles. The fourth-order valence-corrected chi connectivity index (χ4v) is 2.60. The van der Waals surface area contributed by atoms with Gasteiger partial charge < -0.3 is 10.6 Å². The van der Waals surface area contributed by atoms with Crippen molar-refractivity contribution >= 4 is 5.69 Å². The molecule has 0 spiro atoms. The molecule has 3 heteroatoms. The monoisotopic (exact) mass is 229 g/mol. The van der Waals surface area contributed by atoms with Crippen LogP contribution in [-0.2, 0) is 0 Å². The number of aryl methyl sites for hydroxylation is 1. The van der Waals surface area contributed by atoms with Gasteiger partial charge in [-0.3, -0.25) is 0 Å². The van der Waals surface area contributed by atoms with Crippen LogP contribution in [-0.4, -0.2) is 25.0 Å². The van der Waals surface area contributed by atoms with E-state index < -0.39 is 0 Å². The molecule has 3 nitrogen and oxygen atoms in total. The third-order valence-electron chi connectivity index (χ3n) is 3.62. The Labute approximate surface area is 103 Å². The summed E-state index contributed by atoms with van der Waals surface area (Å²) in [6.07, 6.45) is 2.37. The van der Waals surface area contributed by atoms with Gasteiger partial charge in [-0.1, -0.05) is 6.07 Å². The van der Waals surface area contributed by atoms with Crippen molar-refractivity contribution in [3.8, 4) is 6.07 Å². The van der Waals surface area contributed by atoms with Crippen molar-refractivity contribution in [3.63, 3.8) is 0 Å². The molecule has 2 N–H and O–H groups in total. The summed E-state index contributed by atoms with van der Waals surface area (Å²) in [5.74, 6) is 0.475. The van der Waals surface area contributed by atoms with E-state index in [0.717, 1.165) is 29.9 Å². The SMILES string of the molecule is Cc1cc(C2CCCN(C)C2)c(C#N)cc1N. The number of nitrogen functional groups attached to an aromatic ring is 1. The standard InChI is InChI=1S/C14H19N3/c1-10-6-13(12(8-15)7-14(10)16)11-4-3-5-17(2)9-11/h6-7,11H,3-5,9,16H2,1-2H3. The lowest BCUT2D eigenvalue weighted by atomic mass is 9.86. The van der Waals surface area contributed by atoms with E-state index in [1.54, 1.807) is 0 Å². The minimum atomic E-state index is 0.475. The molecule has 1 aliphatic heterocycles. The second-order valence-electron chi connectivity index (χ2n) is 5.01. The molecule has 1 aliphatic rings. The maximum absolute atomic E-state index is 9.21. The lowest BCUT2D eigenvalue weighted by Crippen LogP contribution is -2.31. The van der Waals surface area contributed by atoms with Gasteiger partial charge in [-0.2, -0.15) is 5.26 Å². The van der Waals surface area contributed by atoms with Gasteiger partial charge in [0.25, 0.3) is 0 Å². The van der Waals surface area contributed by atoms with Crippen molar-refractivity contribution in [2.45, 2.75) is 25.7 Å². The van der Waals surface area contributed by atoms with E-state index in [1.807, 2.05) is 13.0 Å². The van der Waals surface area contributed by atoms with Gasteiger partial charge >= 0.3 is 0 Å². The number of benzene rings is 1. The molecule has 0 saturated carbocycles. The van der Waals surface area contributed by atoms with Crippen molar-refractivity contribution in [1.82, 2.24) is 4.90 Å². The summed E-state index contributed by atoms with van der Waals surface area (Å²) >= 11 is 0. The van der Waals surface area contributed by atoms with Crippen LogP contribution in [0.4, 0.5) is 5.69 Å². The van der Waals surface area contributed by atoms with Gasteiger partial charge in [0.2, 0.25) is 0 Å². The number of rotatable bonds is 1. The molecule has 0 amide bonds. The van der Waals surface area contributed by atoms with Crippen LogP contribution in [0.5, 0.6) is 0 Å². The maximum Gasteiger partial charge on any atom is 0.0995 e. The van der Waals surface area contributed by atoms with Gasteiger partial charge in [0.05, 0.1) is 11.6 Å². The van der Waals surface area contributed by atoms with Crippen molar-refractivity contribution in [3.05, 3.63) is 28.8 Å². The second kappa shape index (κ2) is 4.77. The lowest BCUT2D eigenvalue weighted by Gasteiger charge is -2.30. The highest BCUT2D eigenvalue weighted by atomic mass is 15.1. The van der Waals surface area contributed by atoms with Gasteiger partial charge in [-0.05, 0) is 56.5 Å². The molecule has 17 heavy (non-hydrogen) atoms. The number of nitrogens with zero attached hydrogens (tertiary/aromatic N) is 2. The third kappa shape index (κ3) is 2.42. The first kappa shape index (κ1) is 11.9. The Morgan fingerprint density at radius 3 is 2.88 bits per heavy atom. The average Bonchev–Trinajstić information content (AvgIpc) is 2.32. The van der Waals surface area contributed by atoms with Crippen LogP contribution in [0.25, 0.3) is 0 Å². The van der Waals surface area contributed by atoms with Crippen LogP contribution in [0.2, 0.25) is 0 Å². The zero-order valence-electron chi connectivity index (χ0n) is 10.5. The largest absolute Gasteiger partial charge is 0.398 e. The molecular formula is C14H19N3. The Kier molecular flexibility index (Phi) is 3.35. The molecule has 1 fully saturated rings. The van der Waals surface area contributed by atoms with E-state index in [1.165, 1.54) is 18.4 Å². The topological polar surface area (TPSA) is 53.0 Å². The molecule has 90 valence electrons. The molecule has 1 heterocycles. The fourth-order valence-electron chi connectivity index (χ4n) is 2.60. The molecule has 0 radical (unpaired) electrons. The molecule has 1 aromatic rings. The van der Waals surface area contributed by atoms with Gasteiger partial charge in [-0.15, -0.1) is 0 Å². The Balaban J connectivity index is 2.37. The minimum absolute atomic E-state index is 0.475. The molecule has 0 bridgehead atoms. The summed E-state index contributed by atoms with van der Waals surface area (Å²) in [7, 11) is 2.14. The predicted molar refractivity (Wildman–Crippen MR) is 69.8 cm³/mol. The maximum atomic E-state index is 9.21. The van der Waals surface area contributed by atoms with Crippen LogP contribution in [0.15, 0.2) is 12.1 Å². The third-order valence-corrected chi connectivity index (χ3v) is 3.62. The Bertz CT molecular complexity index is 459. The molecule has 0 aliphatic carbocycles. The summed E-state index contributed by atoms with van der Waals surface area (Å²) in [5, 5.41) is 9.21. The Morgan fingerprint density at radius 1 is 1.47 bits per heavy atom. The van der Waals surface area contributed by atoms with Gasteiger partial charge in [0, 0.05) is 12.2 Å². The van der Waals surface area contributed by atoms with Gasteiger partial charge in [-0.25, -0.2) is 0 Å². The number of likely N-dealkylation sites (N-methyl/N-ethyl adjacent to an activating group) is 1. The lowest BCUT2D eigenvalue weighted by molar-refractivity contribution is 0.250. The predicted octanol–water partition coefficient (Wildman–Crippen LogP) is 2.26. The van der Waals surface area contributed by atoms with Crippen LogP contribution in [0.1, 0.15) is 35.4 Å². The second-order valence-corrected chi connectivity index (χ2v) is 5.01. The quantitative estimate of drug-likeness (QED) is 0.751. The van der Waals surface area contributed by atoms with Crippen LogP contribution >= 0.6 is 0 Å². The van der Waals surface area contributed by atoms with Crippen molar-refractivity contribution in [2.75, 3.05) is 25.9 Å². The molecular weight excluding hydrogens is 210 g/mol. The number of nitrogens with two attached hydrogens (primary N) is 1. The first-order chi connectivity index (χ1) is 8.11. The number of anilines is 1. The molecule has 1 atom stereocenters. The van der Waals surface area contributed by atoms with E-state index in [9.17, 15) is 5.26 Å². The van der Waals surface area contributed by atoms with E-state index in [-0.39, 0.29) is 0 Å². The smallest absolute Gasteiger partial charge is 0.0995 e. The van der Waals surface area contributed by atoms with Crippen LogP contribution in [0.3, 0.4) is 0 Å². The molecule has 2 rings (SSSR count). The Hall–Kier alpha value is -1.53. The summed E-state index contributed by atoms with van der Waals surface area (Å²) in [5.41, 5.74) is 9.57. The van der Waals surface area contributed by atoms with Crippen LogP contribution in [0, 0.1) is 18.3 Å². The summed E-state index contributed by atoms with van der Waals surface area (Å²) in [6, 6.07) is 6.19. The molecule has 0 aromatic heterocycles. The van der Waals surface area contributed by atoms with Gasteiger partial charge in [0.1, 0.15) is 0 Å². The van der Waals surface area contributed by atoms with E-state index in [4.69, 9.17) is 5.73 Å². The summed E-state index contributed by atoms with van der Waals surface area (Å²) < 4.78 is 0. The van der Waals surface area contributed by atoms with Crippen molar-refractivity contribution in [2.24, 2.45) is 0 Å². The zero-order chi connectivity index (χ0) is 12.4. The van der Waals surface area contributed by atoms with Crippen molar-refractivity contribution < 1.29 is 0 Å². The number of likely N-dealkylation sites (tertiary alicyclic amines) is 1. The summed E-state index contributed by atoms with van der Waals surface area (Å²) in [4.78, 5) is 2.33. The first-order valence-corrected chi connectivity index (χ1v) is 6.10. The number of nitriles is 1. The summed E-state index contributed by atoms with van der Waals surface area (Å²) in [6.45, 7) is 4.21. The molecule has 1 saturated heterocycles. The van der Waals surface area contributed by atoms with Crippen LogP contribution < -0.4 is 5.73 Å². The zero-order valence-corrected chi connectivity index (χ0v) is 10.5. The number of hydrogen-bond acceptors (Lipinski definition) is 3. The average molecular weight is 229 g/mol. The number of piperidine rings is 1. The molecule has 1 unspecified atom stereocenters.